The molecule has 1 aromatic carbocycles. The van der Waals surface area contributed by atoms with Crippen LogP contribution in [0.3, 0.4) is 0 Å². The molecule has 1 saturated heterocycles. The lowest BCUT2D eigenvalue weighted by Gasteiger charge is -2.18. The lowest BCUT2D eigenvalue weighted by atomic mass is 9.98. The summed E-state index contributed by atoms with van der Waals surface area (Å²) in [6, 6.07) is 6.88. The number of rotatable bonds is 5. The van der Waals surface area contributed by atoms with Gasteiger partial charge in [-0.25, -0.2) is 4.63 Å². The van der Waals surface area contributed by atoms with Gasteiger partial charge in [-0.1, -0.05) is 21.9 Å². The average Bonchev–Trinajstić information content (AvgIpc) is 3.29. The number of hydrogen-bond donors (Lipinski definition) is 1. The van der Waals surface area contributed by atoms with Crippen LogP contribution in [0.1, 0.15) is 34.6 Å². The Kier molecular flexibility index (Phi) is 4.86. The van der Waals surface area contributed by atoms with E-state index in [1.165, 1.54) is 0 Å². The number of aryl methyl sites for hydroxylation is 1. The molecule has 2 atom stereocenters. The minimum atomic E-state index is -0.120. The van der Waals surface area contributed by atoms with Crippen LogP contribution in [0.25, 0.3) is 0 Å². The van der Waals surface area contributed by atoms with Gasteiger partial charge in [-0.2, -0.15) is 0 Å². The second kappa shape index (κ2) is 7.31. The van der Waals surface area contributed by atoms with E-state index < -0.39 is 0 Å². The van der Waals surface area contributed by atoms with Crippen molar-refractivity contribution in [2.45, 2.75) is 32.2 Å². The second-order valence-electron chi connectivity index (χ2n) is 7.37. The Bertz CT molecular complexity index is 847. The number of amides is 2. The zero-order valence-electron chi connectivity index (χ0n) is 15.0. The molecule has 2 fully saturated rings. The normalized spacial score (nSPS) is 22.1. The molecule has 7 nitrogen and oxygen atoms in total. The van der Waals surface area contributed by atoms with Gasteiger partial charge in [0, 0.05) is 29.6 Å². The van der Waals surface area contributed by atoms with E-state index in [2.05, 4.69) is 20.3 Å². The van der Waals surface area contributed by atoms with Crippen molar-refractivity contribution in [3.63, 3.8) is 0 Å². The van der Waals surface area contributed by atoms with Gasteiger partial charge in [0.1, 0.15) is 11.4 Å². The van der Waals surface area contributed by atoms with Crippen LogP contribution in [0.4, 0.5) is 0 Å². The van der Waals surface area contributed by atoms with Crippen molar-refractivity contribution in [3.05, 3.63) is 46.2 Å². The fourth-order valence-electron chi connectivity index (χ4n) is 3.74. The highest BCUT2D eigenvalue weighted by molar-refractivity contribution is 6.30. The number of aromatic nitrogens is 2. The first-order valence-electron chi connectivity index (χ1n) is 9.13. The van der Waals surface area contributed by atoms with E-state index in [4.69, 9.17) is 11.6 Å². The van der Waals surface area contributed by atoms with E-state index in [0.717, 1.165) is 12.8 Å². The minimum Gasteiger partial charge on any atom is -0.351 e. The standard InChI is InChI=1S/C19H21ClN4O3/c1-11-16(23-27-22-11)8-18(25)21-17-10-24(9-15(17)12-2-3-12)19(26)13-4-6-14(20)7-5-13/h4-7,12,15,17H,2-3,8-10H2,1H3,(H,21,25)/t15-,17+/m1/s1. The van der Waals surface area contributed by atoms with Gasteiger partial charge >= 0.3 is 0 Å². The Morgan fingerprint density at radius 2 is 1.96 bits per heavy atom. The van der Waals surface area contributed by atoms with E-state index in [1.807, 2.05) is 4.90 Å². The summed E-state index contributed by atoms with van der Waals surface area (Å²) >= 11 is 5.91. The number of benzene rings is 1. The van der Waals surface area contributed by atoms with Crippen molar-refractivity contribution in [1.82, 2.24) is 20.5 Å². The molecule has 1 N–H and O–H groups in total. The Morgan fingerprint density at radius 3 is 2.59 bits per heavy atom. The van der Waals surface area contributed by atoms with Crippen molar-refractivity contribution in [1.29, 1.82) is 0 Å². The van der Waals surface area contributed by atoms with E-state index in [1.54, 1.807) is 31.2 Å². The van der Waals surface area contributed by atoms with Crippen LogP contribution in [-0.4, -0.2) is 46.2 Å². The van der Waals surface area contributed by atoms with Crippen LogP contribution < -0.4 is 5.32 Å². The highest BCUT2D eigenvalue weighted by Crippen LogP contribution is 2.41. The molecular weight excluding hydrogens is 368 g/mol. The van der Waals surface area contributed by atoms with E-state index in [-0.39, 0.29) is 24.3 Å². The number of carbonyl (C=O) groups is 2. The molecule has 0 unspecified atom stereocenters. The first kappa shape index (κ1) is 18.0. The third-order valence-corrected chi connectivity index (χ3v) is 5.64. The van der Waals surface area contributed by atoms with E-state index in [0.29, 0.717) is 46.9 Å². The molecule has 1 aromatic heterocycles. The number of hydrogen-bond acceptors (Lipinski definition) is 5. The van der Waals surface area contributed by atoms with Crippen molar-refractivity contribution >= 4 is 23.4 Å². The molecule has 2 amide bonds. The lowest BCUT2D eigenvalue weighted by molar-refractivity contribution is -0.121. The first-order valence-corrected chi connectivity index (χ1v) is 9.51. The zero-order valence-corrected chi connectivity index (χ0v) is 15.8. The smallest absolute Gasteiger partial charge is 0.253 e. The van der Waals surface area contributed by atoms with Gasteiger partial charge in [0.05, 0.1) is 12.5 Å². The SMILES string of the molecule is Cc1nonc1CC(=O)N[C@H]1CN(C(=O)c2ccc(Cl)cc2)C[C@@H]1C1CC1. The Morgan fingerprint density at radius 1 is 1.22 bits per heavy atom. The molecule has 4 rings (SSSR count). The van der Waals surface area contributed by atoms with Crippen molar-refractivity contribution in [3.8, 4) is 0 Å². The molecule has 0 spiro atoms. The highest BCUT2D eigenvalue weighted by atomic mass is 35.5. The summed E-state index contributed by atoms with van der Waals surface area (Å²) in [5, 5.41) is 11.2. The van der Waals surface area contributed by atoms with Gasteiger partial charge in [0.2, 0.25) is 5.91 Å². The second-order valence-corrected chi connectivity index (χ2v) is 7.80. The number of nitrogens with one attached hydrogen (secondary N) is 1. The fourth-order valence-corrected chi connectivity index (χ4v) is 3.87. The quantitative estimate of drug-likeness (QED) is 0.848. The Balaban J connectivity index is 1.42. The lowest BCUT2D eigenvalue weighted by Crippen LogP contribution is -2.42. The number of nitrogens with zero attached hydrogens (tertiary/aromatic N) is 3. The van der Waals surface area contributed by atoms with Crippen LogP contribution in [-0.2, 0) is 11.2 Å². The first-order chi connectivity index (χ1) is 13.0. The molecule has 27 heavy (non-hydrogen) atoms. The topological polar surface area (TPSA) is 88.3 Å². The maximum absolute atomic E-state index is 12.8. The molecule has 2 aromatic rings. The molecule has 1 aliphatic heterocycles. The Labute approximate surface area is 162 Å². The molecule has 142 valence electrons. The molecular formula is C19H21ClN4O3. The van der Waals surface area contributed by atoms with Crippen LogP contribution in [0.2, 0.25) is 5.02 Å². The van der Waals surface area contributed by atoms with Crippen molar-refractivity contribution in [2.24, 2.45) is 11.8 Å². The third-order valence-electron chi connectivity index (χ3n) is 5.39. The van der Waals surface area contributed by atoms with Crippen LogP contribution >= 0.6 is 11.6 Å². The van der Waals surface area contributed by atoms with Crippen LogP contribution in [0, 0.1) is 18.8 Å². The monoisotopic (exact) mass is 388 g/mol. The summed E-state index contributed by atoms with van der Waals surface area (Å²) in [7, 11) is 0. The summed E-state index contributed by atoms with van der Waals surface area (Å²) < 4.78 is 4.65. The van der Waals surface area contributed by atoms with Gasteiger partial charge in [0.25, 0.3) is 5.91 Å². The van der Waals surface area contributed by atoms with E-state index >= 15 is 0 Å². The summed E-state index contributed by atoms with van der Waals surface area (Å²) in [4.78, 5) is 27.1. The molecule has 1 aliphatic carbocycles. The highest BCUT2D eigenvalue weighted by Gasteiger charge is 2.44. The maximum Gasteiger partial charge on any atom is 0.253 e. The fraction of sp³-hybridized carbons (Fsp3) is 0.474. The van der Waals surface area contributed by atoms with Gasteiger partial charge in [-0.3, -0.25) is 9.59 Å². The molecule has 8 heteroatoms. The third kappa shape index (κ3) is 3.98. The largest absolute Gasteiger partial charge is 0.351 e. The van der Waals surface area contributed by atoms with Crippen molar-refractivity contribution < 1.29 is 14.2 Å². The number of likely N-dealkylation sites (tertiary alicyclic amines) is 1. The van der Waals surface area contributed by atoms with Gasteiger partial charge in [-0.15, -0.1) is 0 Å². The van der Waals surface area contributed by atoms with Crippen molar-refractivity contribution in [2.75, 3.05) is 13.1 Å². The average molecular weight is 389 g/mol. The number of halogens is 1. The molecule has 2 heterocycles. The number of carbonyl (C=O) groups excluding carboxylic acids is 2. The Hall–Kier alpha value is -2.41. The van der Waals surface area contributed by atoms with Crippen LogP contribution in [0.15, 0.2) is 28.9 Å². The van der Waals surface area contributed by atoms with Gasteiger partial charge in [-0.05, 0) is 49.9 Å². The molecule has 0 bridgehead atoms. The van der Waals surface area contributed by atoms with Gasteiger partial charge in [0.15, 0.2) is 0 Å². The van der Waals surface area contributed by atoms with Gasteiger partial charge < -0.3 is 10.2 Å². The van der Waals surface area contributed by atoms with E-state index in [9.17, 15) is 9.59 Å². The maximum atomic E-state index is 12.8. The minimum absolute atomic E-state index is 0.0226. The molecule has 2 aliphatic rings. The predicted octanol–water partition coefficient (Wildman–Crippen LogP) is 2.24. The molecule has 0 radical (unpaired) electrons. The van der Waals surface area contributed by atoms with Crippen LogP contribution in [0.5, 0.6) is 0 Å². The zero-order chi connectivity index (χ0) is 19.0. The summed E-state index contributed by atoms with van der Waals surface area (Å²) in [5.74, 6) is 0.728. The molecule has 1 saturated carbocycles. The summed E-state index contributed by atoms with van der Waals surface area (Å²) in [6.07, 6.45) is 2.45. The predicted molar refractivity (Wildman–Crippen MR) is 98.2 cm³/mol. The summed E-state index contributed by atoms with van der Waals surface area (Å²) in [5.41, 5.74) is 1.78. The summed E-state index contributed by atoms with van der Waals surface area (Å²) in [6.45, 7) is 2.94.